The van der Waals surface area contributed by atoms with Gasteiger partial charge in [0.05, 0.1) is 24.0 Å². The number of hydrogen-bond donors (Lipinski definition) is 1. The fraction of sp³-hybridized carbons (Fsp3) is 0.750. The van der Waals surface area contributed by atoms with Crippen molar-refractivity contribution in [2.24, 2.45) is 17.8 Å². The molecule has 0 radical (unpaired) electrons. The van der Waals surface area contributed by atoms with E-state index >= 15 is 0 Å². The van der Waals surface area contributed by atoms with Crippen LogP contribution >= 0.6 is 0 Å². The Balaban J connectivity index is 1.16. The Hall–Kier alpha value is -1.63. The van der Waals surface area contributed by atoms with Crippen molar-refractivity contribution >= 4 is 11.0 Å². The molecule has 0 unspecified atom stereocenters. The van der Waals surface area contributed by atoms with Gasteiger partial charge in [-0.25, -0.2) is 0 Å². The molecule has 188 valence electrons. The standard InChI is InChI=1S/C28H43N3O3/c1-30(2)18-24-27(33-19-21-7-8-21)12-10-23-25(29-34-28(23)24)11-9-20-13-15-31(16-14-20)17-22-5-3-4-6-26(22)32/h10,12,20-22,26,32H,3-9,11,13-19H2,1-2H3/t22-,26-/m1/s1. The lowest BCUT2D eigenvalue weighted by Gasteiger charge is -2.37. The quantitative estimate of drug-likeness (QED) is 0.535. The number of likely N-dealkylation sites (tertiary alicyclic amines) is 1. The monoisotopic (exact) mass is 469 g/mol. The lowest BCUT2D eigenvalue weighted by Crippen LogP contribution is -2.41. The molecular formula is C28H43N3O3. The summed E-state index contributed by atoms with van der Waals surface area (Å²) in [5, 5.41) is 16.0. The van der Waals surface area contributed by atoms with Gasteiger partial charge in [0, 0.05) is 18.5 Å². The van der Waals surface area contributed by atoms with Gasteiger partial charge in [-0.1, -0.05) is 18.0 Å². The number of benzene rings is 1. The van der Waals surface area contributed by atoms with Crippen LogP contribution in [0.4, 0.5) is 0 Å². The largest absolute Gasteiger partial charge is 0.493 e. The zero-order chi connectivity index (χ0) is 23.5. The highest BCUT2D eigenvalue weighted by Gasteiger charge is 2.28. The van der Waals surface area contributed by atoms with Crippen LogP contribution in [0, 0.1) is 17.8 Å². The second kappa shape index (κ2) is 11.0. The summed E-state index contributed by atoms with van der Waals surface area (Å²) in [6.45, 7) is 5.03. The van der Waals surface area contributed by atoms with Gasteiger partial charge in [0.2, 0.25) is 0 Å². The third-order valence-electron chi connectivity index (χ3n) is 8.28. The van der Waals surface area contributed by atoms with Crippen molar-refractivity contribution in [1.82, 2.24) is 15.0 Å². The first kappa shape index (κ1) is 24.1. The molecule has 0 bridgehead atoms. The molecule has 0 spiro atoms. The van der Waals surface area contributed by atoms with E-state index in [0.717, 1.165) is 72.3 Å². The van der Waals surface area contributed by atoms with Gasteiger partial charge in [-0.2, -0.15) is 0 Å². The molecule has 6 heteroatoms. The van der Waals surface area contributed by atoms with Gasteiger partial charge in [0.15, 0.2) is 5.58 Å². The SMILES string of the molecule is CN(C)Cc1c(OCC2CC2)ccc2c(CCC3CCN(C[C@H]4CCCC[C@H]4O)CC3)noc12. The number of nitrogens with zero attached hydrogens (tertiary/aromatic N) is 3. The lowest BCUT2D eigenvalue weighted by atomic mass is 9.85. The van der Waals surface area contributed by atoms with Gasteiger partial charge in [0.25, 0.3) is 0 Å². The molecule has 1 N–H and O–H groups in total. The van der Waals surface area contributed by atoms with E-state index in [2.05, 4.69) is 41.2 Å². The number of aryl methyl sites for hydroxylation is 1. The second-order valence-electron chi connectivity index (χ2n) is 11.4. The number of aliphatic hydroxyl groups is 1. The van der Waals surface area contributed by atoms with Crippen LogP contribution in [0.1, 0.15) is 69.0 Å². The zero-order valence-corrected chi connectivity index (χ0v) is 21.2. The summed E-state index contributed by atoms with van der Waals surface area (Å²) in [4.78, 5) is 4.76. The normalized spacial score (nSPS) is 24.8. The molecule has 0 amide bonds. The highest BCUT2D eigenvalue weighted by molar-refractivity contribution is 5.84. The van der Waals surface area contributed by atoms with Crippen molar-refractivity contribution < 1.29 is 14.4 Å². The first-order chi connectivity index (χ1) is 16.6. The summed E-state index contributed by atoms with van der Waals surface area (Å²) in [6, 6.07) is 4.28. The average molecular weight is 470 g/mol. The molecule has 5 rings (SSSR count). The summed E-state index contributed by atoms with van der Waals surface area (Å²) >= 11 is 0. The molecular weight excluding hydrogens is 426 g/mol. The number of aromatic nitrogens is 1. The van der Waals surface area contributed by atoms with Crippen LogP contribution in [-0.2, 0) is 13.0 Å². The molecule has 1 saturated heterocycles. The van der Waals surface area contributed by atoms with Crippen molar-refractivity contribution in [2.75, 3.05) is 40.3 Å². The second-order valence-corrected chi connectivity index (χ2v) is 11.4. The minimum atomic E-state index is -0.0797. The molecule has 2 heterocycles. The summed E-state index contributed by atoms with van der Waals surface area (Å²) in [7, 11) is 4.17. The molecule has 1 aromatic heterocycles. The summed E-state index contributed by atoms with van der Waals surface area (Å²) in [6.07, 6.45) is 11.8. The van der Waals surface area contributed by atoms with Crippen LogP contribution in [0.5, 0.6) is 5.75 Å². The first-order valence-corrected chi connectivity index (χ1v) is 13.6. The first-order valence-electron chi connectivity index (χ1n) is 13.6. The Labute approximate surface area is 204 Å². The third-order valence-corrected chi connectivity index (χ3v) is 8.28. The molecule has 3 aliphatic rings. The van der Waals surface area contributed by atoms with Crippen molar-refractivity contribution in [3.8, 4) is 5.75 Å². The highest BCUT2D eigenvalue weighted by Crippen LogP contribution is 2.35. The molecule has 3 fully saturated rings. The molecule has 1 aliphatic heterocycles. The van der Waals surface area contributed by atoms with Gasteiger partial charge >= 0.3 is 0 Å². The van der Waals surface area contributed by atoms with E-state index in [9.17, 15) is 5.11 Å². The molecule has 2 aromatic rings. The molecule has 2 atom stereocenters. The Morgan fingerprint density at radius 3 is 2.59 bits per heavy atom. The summed E-state index contributed by atoms with van der Waals surface area (Å²) in [5.74, 6) is 2.92. The Kier molecular flexibility index (Phi) is 7.77. The van der Waals surface area contributed by atoms with E-state index in [4.69, 9.17) is 9.26 Å². The van der Waals surface area contributed by atoms with Crippen molar-refractivity contribution in [1.29, 1.82) is 0 Å². The minimum absolute atomic E-state index is 0.0797. The maximum Gasteiger partial charge on any atom is 0.175 e. The van der Waals surface area contributed by atoms with Crippen LogP contribution < -0.4 is 4.74 Å². The lowest BCUT2D eigenvalue weighted by molar-refractivity contribution is 0.0380. The minimum Gasteiger partial charge on any atom is -0.493 e. The smallest absolute Gasteiger partial charge is 0.175 e. The summed E-state index contributed by atoms with van der Waals surface area (Å²) < 4.78 is 12.1. The fourth-order valence-corrected chi connectivity index (χ4v) is 5.90. The number of hydrogen-bond acceptors (Lipinski definition) is 6. The predicted molar refractivity (Wildman–Crippen MR) is 135 cm³/mol. The number of rotatable bonds is 10. The number of fused-ring (bicyclic) bond motifs is 1. The molecule has 1 aromatic carbocycles. The van der Waals surface area contributed by atoms with E-state index in [-0.39, 0.29) is 6.10 Å². The maximum absolute atomic E-state index is 10.3. The van der Waals surface area contributed by atoms with Crippen LogP contribution in [-0.4, -0.2) is 66.5 Å². The Morgan fingerprint density at radius 2 is 1.85 bits per heavy atom. The number of piperidine rings is 1. The number of aliphatic hydroxyl groups excluding tert-OH is 1. The van der Waals surface area contributed by atoms with Gasteiger partial charge in [-0.15, -0.1) is 0 Å². The van der Waals surface area contributed by atoms with Crippen molar-refractivity contribution in [3.63, 3.8) is 0 Å². The van der Waals surface area contributed by atoms with Crippen molar-refractivity contribution in [3.05, 3.63) is 23.4 Å². The Morgan fingerprint density at radius 1 is 1.06 bits per heavy atom. The van der Waals surface area contributed by atoms with E-state index in [1.807, 2.05) is 0 Å². The van der Waals surface area contributed by atoms with Crippen LogP contribution in [0.25, 0.3) is 11.0 Å². The van der Waals surface area contributed by atoms with Crippen LogP contribution in [0.15, 0.2) is 16.7 Å². The van der Waals surface area contributed by atoms with E-state index in [1.54, 1.807) is 0 Å². The highest BCUT2D eigenvalue weighted by atomic mass is 16.5. The Bertz CT molecular complexity index is 930. The van der Waals surface area contributed by atoms with E-state index < -0.39 is 0 Å². The van der Waals surface area contributed by atoms with Crippen LogP contribution in [0.2, 0.25) is 0 Å². The van der Waals surface area contributed by atoms with Gasteiger partial charge in [0.1, 0.15) is 5.75 Å². The molecule has 2 aliphatic carbocycles. The molecule has 2 saturated carbocycles. The predicted octanol–water partition coefficient (Wildman–Crippen LogP) is 4.87. The van der Waals surface area contributed by atoms with Crippen molar-refractivity contribution in [2.45, 2.75) is 76.9 Å². The molecule has 34 heavy (non-hydrogen) atoms. The molecule has 6 nitrogen and oxygen atoms in total. The fourth-order valence-electron chi connectivity index (χ4n) is 5.90. The average Bonchev–Trinajstić information content (AvgIpc) is 3.57. The van der Waals surface area contributed by atoms with E-state index in [1.165, 1.54) is 64.5 Å². The van der Waals surface area contributed by atoms with E-state index in [0.29, 0.717) is 5.92 Å². The third kappa shape index (κ3) is 5.95. The van der Waals surface area contributed by atoms with Crippen LogP contribution in [0.3, 0.4) is 0 Å². The zero-order valence-electron chi connectivity index (χ0n) is 21.2. The van der Waals surface area contributed by atoms with Gasteiger partial charge in [-0.3, -0.25) is 0 Å². The number of ether oxygens (including phenoxy) is 1. The van der Waals surface area contributed by atoms with Gasteiger partial charge < -0.3 is 24.2 Å². The maximum atomic E-state index is 10.3. The summed E-state index contributed by atoms with van der Waals surface area (Å²) in [5.41, 5.74) is 3.12. The topological polar surface area (TPSA) is 62.0 Å². The van der Waals surface area contributed by atoms with Gasteiger partial charge in [-0.05, 0) is 108 Å².